The van der Waals surface area contributed by atoms with E-state index in [-0.39, 0.29) is 29.1 Å². The number of likely N-dealkylation sites (tertiary alicyclic amines) is 1. The predicted octanol–water partition coefficient (Wildman–Crippen LogP) is 6.33. The molecule has 1 aromatic carbocycles. The molecule has 2 aliphatic rings. The standard InChI is InChI=1S/C30H40FN3O2/c1-18-7-9-21(17-32-18)29(36)33-27-15-23(31)13-22(20(27)3)14-26-24-10-8-19(2)34(12-11-25(24)26)28(35)16-30(4,5)6/h7,9,13,15,17,19,24-26H,8,10-12,14,16H2,1-6H3,(H,33,36)/t19-,24?,25?,26?/m0/s1. The molecule has 1 aliphatic heterocycles. The molecular weight excluding hydrogens is 453 g/mol. The first-order valence-corrected chi connectivity index (χ1v) is 13.3. The highest BCUT2D eigenvalue weighted by Gasteiger charge is 2.50. The number of hydrogen-bond acceptors (Lipinski definition) is 3. The average molecular weight is 494 g/mol. The van der Waals surface area contributed by atoms with Crippen molar-refractivity contribution < 1.29 is 14.0 Å². The van der Waals surface area contributed by atoms with Crippen LogP contribution in [-0.4, -0.2) is 34.3 Å². The Morgan fingerprint density at radius 3 is 2.50 bits per heavy atom. The third-order valence-electron chi connectivity index (χ3n) is 8.02. The minimum atomic E-state index is -0.335. The molecule has 4 rings (SSSR count). The van der Waals surface area contributed by atoms with Crippen LogP contribution in [0.2, 0.25) is 0 Å². The summed E-state index contributed by atoms with van der Waals surface area (Å²) in [5.74, 6) is 1.34. The molecule has 194 valence electrons. The van der Waals surface area contributed by atoms with Crippen LogP contribution in [0.25, 0.3) is 0 Å². The van der Waals surface area contributed by atoms with Gasteiger partial charge in [0.2, 0.25) is 5.91 Å². The van der Waals surface area contributed by atoms with Crippen molar-refractivity contribution in [3.63, 3.8) is 0 Å². The second-order valence-electron chi connectivity index (χ2n) is 12.1. The maximum atomic E-state index is 14.6. The smallest absolute Gasteiger partial charge is 0.257 e. The summed E-state index contributed by atoms with van der Waals surface area (Å²) >= 11 is 0. The highest BCUT2D eigenvalue weighted by atomic mass is 19.1. The lowest BCUT2D eigenvalue weighted by Gasteiger charge is -2.33. The first kappa shape index (κ1) is 26.3. The quantitative estimate of drug-likeness (QED) is 0.529. The molecule has 5 nitrogen and oxygen atoms in total. The zero-order valence-electron chi connectivity index (χ0n) is 22.5. The predicted molar refractivity (Wildman–Crippen MR) is 141 cm³/mol. The van der Waals surface area contributed by atoms with Crippen molar-refractivity contribution in [2.24, 2.45) is 23.2 Å². The van der Waals surface area contributed by atoms with E-state index >= 15 is 0 Å². The van der Waals surface area contributed by atoms with Crippen LogP contribution in [0, 0.1) is 42.8 Å². The van der Waals surface area contributed by atoms with Crippen molar-refractivity contribution in [1.82, 2.24) is 9.88 Å². The van der Waals surface area contributed by atoms with Gasteiger partial charge in [0.25, 0.3) is 5.91 Å². The van der Waals surface area contributed by atoms with E-state index in [0.29, 0.717) is 35.4 Å². The third kappa shape index (κ3) is 6.13. The number of halogens is 1. The van der Waals surface area contributed by atoms with Gasteiger partial charge in [0.15, 0.2) is 0 Å². The van der Waals surface area contributed by atoms with Gasteiger partial charge in [-0.25, -0.2) is 4.39 Å². The molecule has 1 saturated carbocycles. The lowest BCUT2D eigenvalue weighted by molar-refractivity contribution is -0.135. The van der Waals surface area contributed by atoms with E-state index in [2.05, 4.69) is 42.9 Å². The van der Waals surface area contributed by atoms with Gasteiger partial charge in [-0.05, 0) is 105 Å². The monoisotopic (exact) mass is 493 g/mol. The molecule has 2 aromatic rings. The maximum Gasteiger partial charge on any atom is 0.257 e. The Morgan fingerprint density at radius 1 is 1.11 bits per heavy atom. The molecule has 6 heteroatoms. The number of pyridine rings is 1. The van der Waals surface area contributed by atoms with Crippen LogP contribution < -0.4 is 5.32 Å². The minimum Gasteiger partial charge on any atom is -0.340 e. The molecule has 1 N–H and O–H groups in total. The summed E-state index contributed by atoms with van der Waals surface area (Å²) in [5, 5.41) is 2.88. The number of amides is 2. The van der Waals surface area contributed by atoms with Crippen molar-refractivity contribution in [3.05, 3.63) is 58.7 Å². The Labute approximate surface area is 214 Å². The number of aryl methyl sites for hydroxylation is 1. The normalized spacial score (nSPS) is 23.9. The van der Waals surface area contributed by atoms with Gasteiger partial charge in [-0.1, -0.05) is 20.8 Å². The van der Waals surface area contributed by atoms with E-state index in [1.165, 1.54) is 12.3 Å². The van der Waals surface area contributed by atoms with Crippen molar-refractivity contribution in [2.75, 3.05) is 11.9 Å². The van der Waals surface area contributed by atoms with Gasteiger partial charge in [-0.15, -0.1) is 0 Å². The second kappa shape index (κ2) is 10.3. The number of rotatable bonds is 5. The Hall–Kier alpha value is -2.76. The van der Waals surface area contributed by atoms with Gasteiger partial charge < -0.3 is 10.2 Å². The van der Waals surface area contributed by atoms with E-state index in [4.69, 9.17) is 0 Å². The summed E-state index contributed by atoms with van der Waals surface area (Å²) in [6, 6.07) is 6.79. The summed E-state index contributed by atoms with van der Waals surface area (Å²) in [7, 11) is 0. The fourth-order valence-corrected chi connectivity index (χ4v) is 5.84. The molecule has 1 aliphatic carbocycles. The zero-order valence-corrected chi connectivity index (χ0v) is 22.5. The first-order valence-electron chi connectivity index (χ1n) is 13.3. The topological polar surface area (TPSA) is 62.3 Å². The van der Waals surface area contributed by atoms with Crippen molar-refractivity contribution in [2.45, 2.75) is 79.7 Å². The Bertz CT molecular complexity index is 1120. The van der Waals surface area contributed by atoms with Gasteiger partial charge >= 0.3 is 0 Å². The molecule has 0 bridgehead atoms. The van der Waals surface area contributed by atoms with Crippen LogP contribution in [-0.2, 0) is 11.2 Å². The SMILES string of the molecule is Cc1ccc(C(=O)Nc2cc(F)cc(CC3C4CC[C@H](C)N(C(=O)CC(C)(C)C)CCC43)c2C)cn1. The van der Waals surface area contributed by atoms with E-state index in [0.717, 1.165) is 49.0 Å². The lowest BCUT2D eigenvalue weighted by Crippen LogP contribution is -2.41. The molecule has 1 aromatic heterocycles. The Kier molecular flexibility index (Phi) is 7.53. The van der Waals surface area contributed by atoms with Crippen LogP contribution in [0.3, 0.4) is 0 Å². The molecule has 2 amide bonds. The van der Waals surface area contributed by atoms with Gasteiger partial charge in [-0.2, -0.15) is 0 Å². The van der Waals surface area contributed by atoms with Crippen molar-refractivity contribution in [1.29, 1.82) is 0 Å². The lowest BCUT2D eigenvalue weighted by atomic mass is 9.91. The summed E-state index contributed by atoms with van der Waals surface area (Å²) in [6.45, 7) is 13.1. The second-order valence-corrected chi connectivity index (χ2v) is 12.1. The fraction of sp³-hybridized carbons (Fsp3) is 0.567. The highest BCUT2D eigenvalue weighted by molar-refractivity contribution is 6.04. The maximum absolute atomic E-state index is 14.6. The number of aromatic nitrogens is 1. The van der Waals surface area contributed by atoms with Crippen LogP contribution in [0.15, 0.2) is 30.5 Å². The number of anilines is 1. The van der Waals surface area contributed by atoms with Gasteiger partial charge in [0.05, 0.1) is 5.56 Å². The molecule has 0 radical (unpaired) electrons. The van der Waals surface area contributed by atoms with Gasteiger partial charge in [-0.3, -0.25) is 14.6 Å². The van der Waals surface area contributed by atoms with Crippen LogP contribution in [0.1, 0.15) is 80.6 Å². The molecule has 3 unspecified atom stereocenters. The average Bonchev–Trinajstić information content (AvgIpc) is 3.42. The largest absolute Gasteiger partial charge is 0.340 e. The van der Waals surface area contributed by atoms with Crippen LogP contribution >= 0.6 is 0 Å². The van der Waals surface area contributed by atoms with Crippen molar-refractivity contribution >= 4 is 17.5 Å². The molecule has 2 fully saturated rings. The van der Waals surface area contributed by atoms with E-state index in [9.17, 15) is 14.0 Å². The van der Waals surface area contributed by atoms with Crippen molar-refractivity contribution in [3.8, 4) is 0 Å². The number of nitrogens with zero attached hydrogens (tertiary/aromatic N) is 2. The molecule has 36 heavy (non-hydrogen) atoms. The molecular formula is C30H40FN3O2. The van der Waals surface area contributed by atoms with Gasteiger partial charge in [0, 0.05) is 36.6 Å². The Morgan fingerprint density at radius 2 is 1.83 bits per heavy atom. The fourth-order valence-electron chi connectivity index (χ4n) is 5.84. The molecule has 1 saturated heterocycles. The molecule has 4 atom stereocenters. The highest BCUT2D eigenvalue weighted by Crippen LogP contribution is 2.54. The first-order chi connectivity index (χ1) is 16.9. The zero-order chi connectivity index (χ0) is 26.2. The van der Waals surface area contributed by atoms with Crippen LogP contribution in [0.5, 0.6) is 0 Å². The number of carbonyl (C=O) groups excluding carboxylic acids is 2. The third-order valence-corrected chi connectivity index (χ3v) is 8.02. The van der Waals surface area contributed by atoms with E-state index < -0.39 is 0 Å². The number of fused-ring (bicyclic) bond motifs is 1. The summed E-state index contributed by atoms with van der Waals surface area (Å²) in [4.78, 5) is 31.9. The summed E-state index contributed by atoms with van der Waals surface area (Å²) in [5.41, 5.74) is 3.66. The summed E-state index contributed by atoms with van der Waals surface area (Å²) < 4.78 is 14.6. The van der Waals surface area contributed by atoms with E-state index in [1.54, 1.807) is 18.2 Å². The summed E-state index contributed by atoms with van der Waals surface area (Å²) in [6.07, 6.45) is 6.05. The Balaban J connectivity index is 1.43. The minimum absolute atomic E-state index is 0.0121. The molecule has 0 spiro atoms. The van der Waals surface area contributed by atoms with Gasteiger partial charge in [0.1, 0.15) is 5.82 Å². The number of nitrogens with one attached hydrogen (secondary N) is 1. The number of carbonyl (C=O) groups is 2. The number of benzene rings is 1. The van der Waals surface area contributed by atoms with E-state index in [1.807, 2.05) is 13.8 Å². The molecule has 2 heterocycles. The number of hydrogen-bond donors (Lipinski definition) is 1. The van der Waals surface area contributed by atoms with Crippen LogP contribution in [0.4, 0.5) is 10.1 Å².